The van der Waals surface area contributed by atoms with E-state index in [4.69, 9.17) is 0 Å². The van der Waals surface area contributed by atoms with E-state index in [1.165, 1.54) is 6.42 Å². The lowest BCUT2D eigenvalue weighted by Crippen LogP contribution is -1.69. The van der Waals surface area contributed by atoms with Crippen LogP contribution in [0, 0.1) is 0 Å². The summed E-state index contributed by atoms with van der Waals surface area (Å²) in [6.45, 7) is 15.9. The van der Waals surface area contributed by atoms with Gasteiger partial charge in [0.05, 0.1) is 0 Å². The number of allylic oxidation sites excluding steroid dienone is 4. The Bertz CT molecular complexity index is 149. The second kappa shape index (κ2) is 10.2. The lowest BCUT2D eigenvalue weighted by molar-refractivity contribution is 1.09. The van der Waals surface area contributed by atoms with Crippen LogP contribution in [0.25, 0.3) is 0 Å². The fraction of sp³-hybridized carbons (Fsp3) is 0.500. The summed E-state index contributed by atoms with van der Waals surface area (Å²) in [5.41, 5.74) is 2.22. The van der Waals surface area contributed by atoms with Crippen LogP contribution in [0.3, 0.4) is 0 Å². The van der Waals surface area contributed by atoms with Crippen molar-refractivity contribution >= 4 is 0 Å². The van der Waals surface area contributed by atoms with E-state index < -0.39 is 0 Å². The predicted molar refractivity (Wildman–Crippen MR) is 59.4 cm³/mol. The molecule has 0 rings (SSSR count). The lowest BCUT2D eigenvalue weighted by atomic mass is 10.2. The Morgan fingerprint density at radius 1 is 1.08 bits per heavy atom. The molecule has 0 bridgehead atoms. The van der Waals surface area contributed by atoms with Crippen LogP contribution in [0.2, 0.25) is 0 Å². The third-order valence-corrected chi connectivity index (χ3v) is 1.06. The Balaban J connectivity index is 0. The van der Waals surface area contributed by atoms with Crippen LogP contribution in [-0.2, 0) is 0 Å². The topological polar surface area (TPSA) is 0 Å². The summed E-state index contributed by atoms with van der Waals surface area (Å²) in [5.74, 6) is 0. The second-order valence-electron chi connectivity index (χ2n) is 2.90. The third kappa shape index (κ3) is 16.1. The van der Waals surface area contributed by atoms with Gasteiger partial charge in [0.2, 0.25) is 0 Å². The molecular formula is C12H22. The standard InChI is InChI=1S/C9H14.C3H8/c1-5-9(4)7-6-8(2)3;1-3-2/h6-7H,2,4-5H2,1,3H3;3H2,1-2H3/b7-6-;. The first kappa shape index (κ1) is 13.8. The molecule has 0 amide bonds. The lowest BCUT2D eigenvalue weighted by Gasteiger charge is -1.89. The molecule has 0 unspecified atom stereocenters. The van der Waals surface area contributed by atoms with Crippen LogP contribution in [0.15, 0.2) is 36.5 Å². The minimum absolute atomic E-state index is 1.02. The first-order chi connectivity index (χ1) is 5.58. The van der Waals surface area contributed by atoms with Crippen molar-refractivity contribution in [1.29, 1.82) is 0 Å². The molecule has 0 aliphatic rings. The first-order valence-corrected chi connectivity index (χ1v) is 4.59. The highest BCUT2D eigenvalue weighted by Crippen LogP contribution is 2.00. The molecule has 0 atom stereocenters. The van der Waals surface area contributed by atoms with Crippen LogP contribution >= 0.6 is 0 Å². The smallest absolute Gasteiger partial charge is 0.0313 e. The fourth-order valence-electron chi connectivity index (χ4n) is 0.378. The molecule has 0 radical (unpaired) electrons. The average Bonchev–Trinajstić information content (AvgIpc) is 2.01. The van der Waals surface area contributed by atoms with Crippen LogP contribution in [0.1, 0.15) is 40.5 Å². The molecular weight excluding hydrogens is 144 g/mol. The summed E-state index contributed by atoms with van der Waals surface area (Å²) in [7, 11) is 0. The monoisotopic (exact) mass is 166 g/mol. The van der Waals surface area contributed by atoms with Crippen molar-refractivity contribution in [2.24, 2.45) is 0 Å². The summed E-state index contributed by atoms with van der Waals surface area (Å²) in [6, 6.07) is 0. The molecule has 0 aliphatic carbocycles. The van der Waals surface area contributed by atoms with Crippen molar-refractivity contribution < 1.29 is 0 Å². The maximum Gasteiger partial charge on any atom is -0.0313 e. The zero-order valence-electron chi connectivity index (χ0n) is 8.98. The van der Waals surface area contributed by atoms with Gasteiger partial charge in [0.15, 0.2) is 0 Å². The van der Waals surface area contributed by atoms with Gasteiger partial charge in [0.1, 0.15) is 0 Å². The van der Waals surface area contributed by atoms with E-state index in [9.17, 15) is 0 Å². The molecule has 0 fully saturated rings. The van der Waals surface area contributed by atoms with E-state index >= 15 is 0 Å². The average molecular weight is 166 g/mol. The largest absolute Gasteiger partial charge is 0.0961 e. The van der Waals surface area contributed by atoms with Crippen molar-refractivity contribution in [2.75, 3.05) is 0 Å². The molecule has 0 aromatic carbocycles. The molecule has 0 spiro atoms. The van der Waals surface area contributed by atoms with Gasteiger partial charge < -0.3 is 0 Å². The van der Waals surface area contributed by atoms with Gasteiger partial charge in [-0.3, -0.25) is 0 Å². The Morgan fingerprint density at radius 2 is 1.50 bits per heavy atom. The Morgan fingerprint density at radius 3 is 1.75 bits per heavy atom. The first-order valence-electron chi connectivity index (χ1n) is 4.59. The van der Waals surface area contributed by atoms with Gasteiger partial charge in [-0.25, -0.2) is 0 Å². The Labute approximate surface area is 77.7 Å². The highest BCUT2D eigenvalue weighted by Gasteiger charge is 1.79. The SMILES string of the molecule is C=C(C)/C=C\C(=C)CC.CCC. The minimum atomic E-state index is 1.02. The van der Waals surface area contributed by atoms with Crippen LogP contribution in [0.5, 0.6) is 0 Å². The van der Waals surface area contributed by atoms with Crippen molar-refractivity contribution in [1.82, 2.24) is 0 Å². The predicted octanol–water partition coefficient (Wildman–Crippen LogP) is 4.50. The molecule has 0 aromatic rings. The van der Waals surface area contributed by atoms with Gasteiger partial charge in [-0.15, -0.1) is 0 Å². The molecule has 0 saturated carbocycles. The summed E-state index contributed by atoms with van der Waals surface area (Å²) >= 11 is 0. The maximum atomic E-state index is 3.82. The van der Waals surface area contributed by atoms with Crippen molar-refractivity contribution in [3.63, 3.8) is 0 Å². The highest BCUT2D eigenvalue weighted by molar-refractivity contribution is 5.22. The maximum absolute atomic E-state index is 3.82. The van der Waals surface area contributed by atoms with Crippen molar-refractivity contribution in [3.05, 3.63) is 36.5 Å². The van der Waals surface area contributed by atoms with E-state index in [0.29, 0.717) is 0 Å². The van der Waals surface area contributed by atoms with Crippen molar-refractivity contribution in [2.45, 2.75) is 40.5 Å². The van der Waals surface area contributed by atoms with E-state index in [1.54, 1.807) is 0 Å². The van der Waals surface area contributed by atoms with Crippen LogP contribution in [0.4, 0.5) is 0 Å². The molecule has 12 heavy (non-hydrogen) atoms. The van der Waals surface area contributed by atoms with Crippen LogP contribution in [-0.4, -0.2) is 0 Å². The van der Waals surface area contributed by atoms with Gasteiger partial charge >= 0.3 is 0 Å². The summed E-state index contributed by atoms with van der Waals surface area (Å²) in [5, 5.41) is 0. The van der Waals surface area contributed by atoms with E-state index in [0.717, 1.165) is 17.6 Å². The van der Waals surface area contributed by atoms with Gasteiger partial charge in [0, 0.05) is 0 Å². The van der Waals surface area contributed by atoms with E-state index in [-0.39, 0.29) is 0 Å². The molecule has 0 saturated heterocycles. The normalized spacial score (nSPS) is 9.00. The minimum Gasteiger partial charge on any atom is -0.0961 e. The van der Waals surface area contributed by atoms with Gasteiger partial charge in [0.25, 0.3) is 0 Å². The number of rotatable bonds is 3. The number of hydrogen-bond acceptors (Lipinski definition) is 0. The van der Waals surface area contributed by atoms with Gasteiger partial charge in [-0.2, -0.15) is 0 Å². The molecule has 70 valence electrons. The van der Waals surface area contributed by atoms with Crippen LogP contribution < -0.4 is 0 Å². The summed E-state index contributed by atoms with van der Waals surface area (Å²) in [4.78, 5) is 0. The zero-order chi connectivity index (χ0) is 9.98. The summed E-state index contributed by atoms with van der Waals surface area (Å²) < 4.78 is 0. The molecule has 0 heterocycles. The zero-order valence-corrected chi connectivity index (χ0v) is 8.98. The van der Waals surface area contributed by atoms with Gasteiger partial charge in [-0.05, 0) is 13.3 Å². The number of hydrogen-bond donors (Lipinski definition) is 0. The quantitative estimate of drug-likeness (QED) is 0.541. The van der Waals surface area contributed by atoms with E-state index in [1.807, 2.05) is 19.1 Å². The Hall–Kier alpha value is -0.780. The highest BCUT2D eigenvalue weighted by atomic mass is 13.9. The molecule has 0 aromatic heterocycles. The molecule has 0 nitrogen and oxygen atoms in total. The summed E-state index contributed by atoms with van der Waals surface area (Å²) in [6.07, 6.45) is 6.25. The van der Waals surface area contributed by atoms with Crippen molar-refractivity contribution in [3.8, 4) is 0 Å². The Kier molecular flexibility index (Phi) is 11.7. The molecule has 0 heteroatoms. The molecule has 0 N–H and O–H groups in total. The third-order valence-electron chi connectivity index (χ3n) is 1.06. The second-order valence-corrected chi connectivity index (χ2v) is 2.90. The van der Waals surface area contributed by atoms with Gasteiger partial charge in [-0.1, -0.05) is 63.6 Å². The molecule has 0 aliphatic heterocycles. The fourth-order valence-corrected chi connectivity index (χ4v) is 0.378. The van der Waals surface area contributed by atoms with E-state index in [2.05, 4.69) is 33.9 Å².